The number of halogens is 1. The number of aromatic amines is 1. The van der Waals surface area contributed by atoms with E-state index in [0.717, 1.165) is 27.7 Å². The van der Waals surface area contributed by atoms with E-state index in [4.69, 9.17) is 0 Å². The number of nitrogens with zero attached hydrogens (tertiary/aromatic N) is 2. The van der Waals surface area contributed by atoms with Crippen LogP contribution in [-0.4, -0.2) is 39.3 Å². The maximum absolute atomic E-state index is 12.8. The highest BCUT2D eigenvalue weighted by atomic mass is 35.5. The second-order valence-electron chi connectivity index (χ2n) is 8.48. The van der Waals surface area contributed by atoms with Gasteiger partial charge in [-0.2, -0.15) is 0 Å². The van der Waals surface area contributed by atoms with Crippen LogP contribution in [0.4, 0.5) is 5.82 Å². The standard InChI is InChI=1S/C24H27N5O2.ClH/c1-15(20-12-17-7-5-6-8-19(17)27-20)29(4)21(30)10-9-16-11-18-14-26-24(2,3)23(31)28-22(18)25-13-16;/h5-13,15,26-27H,14H2,1-4H3,(H,25,28,31);1H/b10-9+;. The molecule has 168 valence electrons. The highest BCUT2D eigenvalue weighted by molar-refractivity contribution is 5.98. The molecule has 0 bridgehead atoms. The van der Waals surface area contributed by atoms with Gasteiger partial charge in [-0.1, -0.05) is 18.2 Å². The number of nitrogens with one attached hydrogen (secondary N) is 3. The van der Waals surface area contributed by atoms with Crippen LogP contribution in [-0.2, 0) is 16.1 Å². The molecule has 1 aliphatic rings. The lowest BCUT2D eigenvalue weighted by atomic mass is 10.1. The van der Waals surface area contributed by atoms with E-state index in [-0.39, 0.29) is 30.3 Å². The van der Waals surface area contributed by atoms with Crippen LogP contribution in [0.5, 0.6) is 0 Å². The first kappa shape index (κ1) is 23.5. The summed E-state index contributed by atoms with van der Waals surface area (Å²) in [6.45, 7) is 6.17. The minimum atomic E-state index is -0.672. The lowest BCUT2D eigenvalue weighted by molar-refractivity contribution is -0.126. The summed E-state index contributed by atoms with van der Waals surface area (Å²) in [5.74, 6) is 0.328. The Morgan fingerprint density at radius 1 is 1.25 bits per heavy atom. The van der Waals surface area contributed by atoms with Crippen LogP contribution in [0.25, 0.3) is 17.0 Å². The van der Waals surface area contributed by atoms with Crippen LogP contribution in [0.2, 0.25) is 0 Å². The number of carbonyl (C=O) groups is 2. The smallest absolute Gasteiger partial charge is 0.246 e. The maximum atomic E-state index is 12.8. The van der Waals surface area contributed by atoms with Crippen LogP contribution in [0, 0.1) is 0 Å². The Morgan fingerprint density at radius 2 is 2.00 bits per heavy atom. The highest BCUT2D eigenvalue weighted by Gasteiger charge is 2.30. The minimum absolute atomic E-state index is 0. The third kappa shape index (κ3) is 4.69. The number of para-hydroxylation sites is 1. The van der Waals surface area contributed by atoms with Crippen molar-refractivity contribution in [3.63, 3.8) is 0 Å². The number of hydrogen-bond donors (Lipinski definition) is 3. The summed E-state index contributed by atoms with van der Waals surface area (Å²) in [6.07, 6.45) is 4.96. The Hall–Kier alpha value is -3.16. The van der Waals surface area contributed by atoms with Gasteiger partial charge in [0, 0.05) is 42.6 Å². The first-order chi connectivity index (χ1) is 14.7. The molecule has 1 unspecified atom stereocenters. The molecule has 2 aromatic heterocycles. The number of H-pyrrole nitrogens is 1. The summed E-state index contributed by atoms with van der Waals surface area (Å²) < 4.78 is 0. The molecule has 1 atom stereocenters. The molecule has 0 aliphatic carbocycles. The Bertz CT molecular complexity index is 1150. The van der Waals surface area contributed by atoms with Crippen molar-refractivity contribution in [1.29, 1.82) is 0 Å². The third-order valence-electron chi connectivity index (χ3n) is 5.86. The topological polar surface area (TPSA) is 90.1 Å². The molecule has 7 nitrogen and oxygen atoms in total. The van der Waals surface area contributed by atoms with Gasteiger partial charge in [0.05, 0.1) is 11.6 Å². The summed E-state index contributed by atoms with van der Waals surface area (Å²) in [5, 5.41) is 7.20. The quantitative estimate of drug-likeness (QED) is 0.520. The molecule has 1 aromatic carbocycles. The zero-order valence-electron chi connectivity index (χ0n) is 18.6. The van der Waals surface area contributed by atoms with Crippen molar-refractivity contribution in [1.82, 2.24) is 20.2 Å². The van der Waals surface area contributed by atoms with E-state index in [2.05, 4.69) is 26.7 Å². The Morgan fingerprint density at radius 3 is 2.75 bits per heavy atom. The number of hydrogen-bond acceptors (Lipinski definition) is 4. The van der Waals surface area contributed by atoms with Crippen LogP contribution in [0.1, 0.15) is 43.6 Å². The first-order valence-corrected chi connectivity index (χ1v) is 10.3. The van der Waals surface area contributed by atoms with Crippen LogP contribution in [0.3, 0.4) is 0 Å². The van der Waals surface area contributed by atoms with Crippen LogP contribution < -0.4 is 10.6 Å². The molecule has 3 aromatic rings. The number of rotatable bonds is 4. The van der Waals surface area contributed by atoms with Gasteiger partial charge in [0.15, 0.2) is 0 Å². The molecule has 0 saturated heterocycles. The molecule has 0 radical (unpaired) electrons. The van der Waals surface area contributed by atoms with Crippen molar-refractivity contribution < 1.29 is 9.59 Å². The molecule has 0 saturated carbocycles. The van der Waals surface area contributed by atoms with E-state index in [0.29, 0.717) is 12.4 Å². The number of carbonyl (C=O) groups excluding carboxylic acids is 2. The van der Waals surface area contributed by atoms with Crippen LogP contribution >= 0.6 is 12.4 Å². The van der Waals surface area contributed by atoms with Crippen molar-refractivity contribution in [3.05, 3.63) is 65.5 Å². The molecule has 32 heavy (non-hydrogen) atoms. The summed E-state index contributed by atoms with van der Waals surface area (Å²) in [5.41, 5.74) is 3.05. The summed E-state index contributed by atoms with van der Waals surface area (Å²) in [4.78, 5) is 34.4. The second-order valence-corrected chi connectivity index (χ2v) is 8.48. The Balaban J connectivity index is 0.00000289. The lowest BCUT2D eigenvalue weighted by Gasteiger charge is -2.22. The van der Waals surface area contributed by atoms with Gasteiger partial charge in [0.2, 0.25) is 11.8 Å². The number of fused-ring (bicyclic) bond motifs is 2. The first-order valence-electron chi connectivity index (χ1n) is 10.3. The van der Waals surface area contributed by atoms with E-state index in [9.17, 15) is 9.59 Å². The molecule has 3 N–H and O–H groups in total. The lowest BCUT2D eigenvalue weighted by Crippen LogP contribution is -2.47. The van der Waals surface area contributed by atoms with Gasteiger partial charge in [0.25, 0.3) is 0 Å². The van der Waals surface area contributed by atoms with Crippen molar-refractivity contribution >= 4 is 47.0 Å². The number of benzene rings is 1. The average Bonchev–Trinajstić information content (AvgIpc) is 3.15. The predicted octanol–water partition coefficient (Wildman–Crippen LogP) is 4.04. The zero-order valence-corrected chi connectivity index (χ0v) is 19.4. The fraction of sp³-hybridized carbons (Fsp3) is 0.292. The van der Waals surface area contributed by atoms with Crippen molar-refractivity contribution in [2.45, 2.75) is 38.9 Å². The number of likely N-dealkylation sites (N-methyl/N-ethyl adjacent to an activating group) is 1. The fourth-order valence-corrected chi connectivity index (χ4v) is 3.53. The Labute approximate surface area is 193 Å². The summed E-state index contributed by atoms with van der Waals surface area (Å²) in [7, 11) is 1.79. The van der Waals surface area contributed by atoms with Gasteiger partial charge in [-0.25, -0.2) is 4.98 Å². The molecule has 3 heterocycles. The fourth-order valence-electron chi connectivity index (χ4n) is 3.53. The highest BCUT2D eigenvalue weighted by Crippen LogP contribution is 2.24. The van der Waals surface area contributed by atoms with Gasteiger partial charge in [-0.15, -0.1) is 12.4 Å². The van der Waals surface area contributed by atoms with Crippen molar-refractivity contribution in [2.75, 3.05) is 12.4 Å². The van der Waals surface area contributed by atoms with Gasteiger partial charge in [0.1, 0.15) is 5.82 Å². The van der Waals surface area contributed by atoms with E-state index in [1.165, 1.54) is 0 Å². The SMILES string of the molecule is CC(c1cc2ccccc2[nH]1)N(C)C(=O)/C=C/c1cnc2c(c1)CNC(C)(C)C(=O)N2.Cl. The summed E-state index contributed by atoms with van der Waals surface area (Å²) >= 11 is 0. The number of aromatic nitrogens is 2. The van der Waals surface area contributed by atoms with Gasteiger partial charge in [-0.3, -0.25) is 14.9 Å². The van der Waals surface area contributed by atoms with Gasteiger partial charge >= 0.3 is 0 Å². The third-order valence-corrected chi connectivity index (χ3v) is 5.86. The zero-order chi connectivity index (χ0) is 22.2. The molecule has 2 amide bonds. The minimum Gasteiger partial charge on any atom is -0.357 e. The van der Waals surface area contributed by atoms with Crippen LogP contribution in [0.15, 0.2) is 48.7 Å². The van der Waals surface area contributed by atoms with E-state index in [1.54, 1.807) is 30.3 Å². The maximum Gasteiger partial charge on any atom is 0.246 e. The molecule has 8 heteroatoms. The van der Waals surface area contributed by atoms with Crippen molar-refractivity contribution in [3.8, 4) is 0 Å². The van der Waals surface area contributed by atoms with Crippen molar-refractivity contribution in [2.24, 2.45) is 0 Å². The Kier molecular flexibility index (Phi) is 6.71. The predicted molar refractivity (Wildman–Crippen MR) is 130 cm³/mol. The van der Waals surface area contributed by atoms with E-state index >= 15 is 0 Å². The van der Waals surface area contributed by atoms with E-state index < -0.39 is 5.54 Å². The van der Waals surface area contributed by atoms with Gasteiger partial charge in [-0.05, 0) is 56.0 Å². The molecule has 1 aliphatic heterocycles. The molecule has 0 spiro atoms. The number of amides is 2. The number of anilines is 1. The normalized spacial score (nSPS) is 16.1. The molecular weight excluding hydrogens is 426 g/mol. The molecule has 4 rings (SSSR count). The second kappa shape index (κ2) is 9.14. The molecular formula is C24H28ClN5O2. The molecule has 0 fully saturated rings. The monoisotopic (exact) mass is 453 g/mol. The summed E-state index contributed by atoms with van der Waals surface area (Å²) in [6, 6.07) is 12.0. The number of pyridine rings is 1. The van der Waals surface area contributed by atoms with E-state index in [1.807, 2.05) is 51.1 Å². The van der Waals surface area contributed by atoms with Gasteiger partial charge < -0.3 is 15.2 Å². The largest absolute Gasteiger partial charge is 0.357 e. The average molecular weight is 454 g/mol.